The molecular weight excluding hydrogens is 286 g/mol. The number of aliphatic carboxylic acids is 2. The van der Waals surface area contributed by atoms with Crippen molar-refractivity contribution >= 4 is 21.8 Å². The van der Waals surface area contributed by atoms with Crippen molar-refractivity contribution in [3.05, 3.63) is 0 Å². The van der Waals surface area contributed by atoms with E-state index in [9.17, 15) is 18.0 Å². The van der Waals surface area contributed by atoms with Crippen LogP contribution in [0.2, 0.25) is 0 Å². The van der Waals surface area contributed by atoms with E-state index in [-0.39, 0.29) is 31.0 Å². The highest BCUT2D eigenvalue weighted by molar-refractivity contribution is 7.91. The van der Waals surface area contributed by atoms with Crippen molar-refractivity contribution in [3.63, 3.8) is 0 Å². The number of piperidine rings is 1. The Kier molecular flexibility index (Phi) is 5.94. The van der Waals surface area contributed by atoms with Gasteiger partial charge in [-0.1, -0.05) is 6.92 Å². The third-order valence-corrected chi connectivity index (χ3v) is 5.40. The van der Waals surface area contributed by atoms with Crippen LogP contribution in [-0.4, -0.2) is 66.6 Å². The molecule has 2 atom stereocenters. The zero-order chi connectivity index (χ0) is 15.3. The first-order valence-corrected chi connectivity index (χ1v) is 8.47. The van der Waals surface area contributed by atoms with Crippen molar-refractivity contribution in [3.8, 4) is 0 Å². The van der Waals surface area contributed by atoms with Crippen molar-refractivity contribution in [2.75, 3.05) is 31.1 Å². The van der Waals surface area contributed by atoms with E-state index in [4.69, 9.17) is 10.2 Å². The second-order valence-electron chi connectivity index (χ2n) is 5.13. The van der Waals surface area contributed by atoms with E-state index < -0.39 is 33.6 Å². The fraction of sp³-hybridized carbons (Fsp3) is 0.833. The van der Waals surface area contributed by atoms with Crippen molar-refractivity contribution in [2.45, 2.75) is 19.8 Å². The van der Waals surface area contributed by atoms with Gasteiger partial charge in [-0.3, -0.25) is 9.59 Å². The van der Waals surface area contributed by atoms with Crippen molar-refractivity contribution < 1.29 is 28.2 Å². The maximum absolute atomic E-state index is 11.6. The number of hydrogen-bond acceptors (Lipinski definition) is 5. The van der Waals surface area contributed by atoms with Crippen LogP contribution in [0.3, 0.4) is 0 Å². The normalized spacial score (nSPS) is 24.4. The first-order valence-electron chi connectivity index (χ1n) is 6.65. The summed E-state index contributed by atoms with van der Waals surface area (Å²) in [7, 11) is -3.10. The molecule has 0 aromatic heterocycles. The van der Waals surface area contributed by atoms with Gasteiger partial charge < -0.3 is 15.1 Å². The molecule has 0 bridgehead atoms. The molecule has 2 unspecified atom stereocenters. The average molecular weight is 307 g/mol. The summed E-state index contributed by atoms with van der Waals surface area (Å²) in [6.45, 7) is 2.56. The maximum atomic E-state index is 11.6. The van der Waals surface area contributed by atoms with Gasteiger partial charge >= 0.3 is 11.9 Å². The molecule has 0 saturated carbocycles. The first kappa shape index (κ1) is 16.9. The highest BCUT2D eigenvalue weighted by atomic mass is 32.2. The summed E-state index contributed by atoms with van der Waals surface area (Å²) in [5.74, 6) is -3.99. The lowest BCUT2D eigenvalue weighted by Gasteiger charge is -2.34. The molecule has 0 amide bonds. The van der Waals surface area contributed by atoms with Crippen molar-refractivity contribution in [1.82, 2.24) is 4.90 Å². The topological polar surface area (TPSA) is 112 Å². The highest BCUT2D eigenvalue weighted by Crippen LogP contribution is 2.24. The van der Waals surface area contributed by atoms with Crippen LogP contribution in [0.1, 0.15) is 19.8 Å². The summed E-state index contributed by atoms with van der Waals surface area (Å²) >= 11 is 0. The molecule has 1 saturated heterocycles. The van der Waals surface area contributed by atoms with E-state index in [0.717, 1.165) is 0 Å². The molecule has 0 spiro atoms. The number of carbonyl (C=O) groups is 2. The van der Waals surface area contributed by atoms with Gasteiger partial charge in [-0.25, -0.2) is 8.42 Å². The van der Waals surface area contributed by atoms with Gasteiger partial charge in [0.15, 0.2) is 9.84 Å². The second-order valence-corrected chi connectivity index (χ2v) is 7.43. The van der Waals surface area contributed by atoms with Gasteiger partial charge in [-0.2, -0.15) is 0 Å². The van der Waals surface area contributed by atoms with Crippen molar-refractivity contribution in [2.24, 2.45) is 11.8 Å². The van der Waals surface area contributed by atoms with Crippen LogP contribution in [0.15, 0.2) is 0 Å². The quantitative estimate of drug-likeness (QED) is 0.676. The molecule has 7 nitrogen and oxygen atoms in total. The lowest BCUT2D eigenvalue weighted by molar-refractivity contribution is -0.157. The van der Waals surface area contributed by atoms with Gasteiger partial charge in [0, 0.05) is 18.8 Å². The number of likely N-dealkylation sites (tertiary alicyclic amines) is 1. The molecule has 116 valence electrons. The van der Waals surface area contributed by atoms with E-state index in [1.165, 1.54) is 0 Å². The van der Waals surface area contributed by atoms with E-state index in [0.29, 0.717) is 13.0 Å². The monoisotopic (exact) mass is 307 g/mol. The van der Waals surface area contributed by atoms with Crippen LogP contribution in [-0.2, 0) is 19.4 Å². The van der Waals surface area contributed by atoms with Crippen molar-refractivity contribution in [1.29, 1.82) is 0 Å². The number of carboxylic acids is 2. The van der Waals surface area contributed by atoms with E-state index >= 15 is 0 Å². The average Bonchev–Trinajstić information content (AvgIpc) is 2.35. The van der Waals surface area contributed by atoms with Gasteiger partial charge in [-0.05, 0) is 19.4 Å². The summed E-state index contributed by atoms with van der Waals surface area (Å²) in [6.07, 6.45) is 0.793. The molecule has 1 fully saturated rings. The minimum atomic E-state index is -3.10. The minimum absolute atomic E-state index is 0.00901. The predicted octanol–water partition coefficient (Wildman–Crippen LogP) is -0.0815. The molecule has 1 aliphatic rings. The van der Waals surface area contributed by atoms with Gasteiger partial charge in [0.25, 0.3) is 0 Å². The molecule has 20 heavy (non-hydrogen) atoms. The standard InChI is InChI=1S/C12H21NO6S/c1-2-6-20(18,19)7-5-13-4-3-9(11(14)15)10(8-13)12(16)17/h9-10H,2-8H2,1H3,(H,14,15)(H,16,17). The Hall–Kier alpha value is -1.15. The van der Waals surface area contributed by atoms with Crippen LogP contribution in [0.25, 0.3) is 0 Å². The Labute approximate surface area is 118 Å². The van der Waals surface area contributed by atoms with Gasteiger partial charge in [0.1, 0.15) is 0 Å². The lowest BCUT2D eigenvalue weighted by Crippen LogP contribution is -2.47. The van der Waals surface area contributed by atoms with Gasteiger partial charge in [0.05, 0.1) is 17.6 Å². The third-order valence-electron chi connectivity index (χ3n) is 3.56. The van der Waals surface area contributed by atoms with E-state index in [1.807, 2.05) is 0 Å². The van der Waals surface area contributed by atoms with Crippen LogP contribution >= 0.6 is 0 Å². The van der Waals surface area contributed by atoms with Gasteiger partial charge in [0.2, 0.25) is 0 Å². The van der Waals surface area contributed by atoms with E-state index in [2.05, 4.69) is 0 Å². The molecule has 2 N–H and O–H groups in total. The second kappa shape index (κ2) is 7.03. The largest absolute Gasteiger partial charge is 0.481 e. The Morgan fingerprint density at radius 3 is 2.25 bits per heavy atom. The van der Waals surface area contributed by atoms with Gasteiger partial charge in [-0.15, -0.1) is 0 Å². The van der Waals surface area contributed by atoms with Crippen LogP contribution in [0, 0.1) is 11.8 Å². The zero-order valence-electron chi connectivity index (χ0n) is 11.5. The minimum Gasteiger partial charge on any atom is -0.481 e. The Morgan fingerprint density at radius 1 is 1.15 bits per heavy atom. The molecular formula is C12H21NO6S. The Morgan fingerprint density at radius 2 is 1.75 bits per heavy atom. The molecule has 0 aromatic rings. The molecule has 0 aromatic carbocycles. The Balaban J connectivity index is 2.59. The van der Waals surface area contributed by atoms with Crippen LogP contribution in [0.4, 0.5) is 0 Å². The predicted molar refractivity (Wildman–Crippen MR) is 72.3 cm³/mol. The smallest absolute Gasteiger partial charge is 0.308 e. The summed E-state index contributed by atoms with van der Waals surface area (Å²) in [6, 6.07) is 0. The molecule has 8 heteroatoms. The highest BCUT2D eigenvalue weighted by Gasteiger charge is 2.38. The number of carboxylic acid groups (broad SMARTS) is 2. The molecule has 0 radical (unpaired) electrons. The van der Waals surface area contributed by atoms with Crippen LogP contribution in [0.5, 0.6) is 0 Å². The Bertz CT molecular complexity index is 461. The summed E-state index contributed by atoms with van der Waals surface area (Å²) in [5.41, 5.74) is 0. The maximum Gasteiger partial charge on any atom is 0.308 e. The molecule has 0 aliphatic carbocycles. The van der Waals surface area contributed by atoms with Crippen LogP contribution < -0.4 is 0 Å². The zero-order valence-corrected chi connectivity index (χ0v) is 12.3. The summed E-state index contributed by atoms with van der Waals surface area (Å²) in [4.78, 5) is 23.8. The molecule has 1 heterocycles. The summed E-state index contributed by atoms with van der Waals surface area (Å²) in [5, 5.41) is 18.1. The van der Waals surface area contributed by atoms with E-state index in [1.54, 1.807) is 11.8 Å². The molecule has 1 rings (SSSR count). The number of sulfone groups is 1. The fourth-order valence-electron chi connectivity index (χ4n) is 2.45. The molecule has 1 aliphatic heterocycles. The number of hydrogen-bond donors (Lipinski definition) is 2. The SMILES string of the molecule is CCCS(=O)(=O)CCN1CCC(C(=O)O)C(C(=O)O)C1. The first-order chi connectivity index (χ1) is 9.26. The number of nitrogens with zero attached hydrogens (tertiary/aromatic N) is 1. The lowest BCUT2D eigenvalue weighted by atomic mass is 9.85. The summed E-state index contributed by atoms with van der Waals surface area (Å²) < 4.78 is 23.2. The number of rotatable bonds is 7. The third kappa shape index (κ3) is 4.75. The fourth-order valence-corrected chi connectivity index (χ4v) is 3.81.